The minimum atomic E-state index is -0.482. The van der Waals surface area contributed by atoms with E-state index in [1.807, 2.05) is 31.2 Å². The van der Waals surface area contributed by atoms with Gasteiger partial charge in [0, 0.05) is 27.9 Å². The Kier molecular flexibility index (Phi) is 9.67. The van der Waals surface area contributed by atoms with Gasteiger partial charge in [-0.2, -0.15) is 5.10 Å². The van der Waals surface area contributed by atoms with E-state index in [-0.39, 0.29) is 30.7 Å². The number of anilines is 1. The van der Waals surface area contributed by atoms with Gasteiger partial charge in [0.05, 0.1) is 28.9 Å². The summed E-state index contributed by atoms with van der Waals surface area (Å²) in [5.74, 6) is 0.316. The molecule has 0 unspecified atom stereocenters. The van der Waals surface area contributed by atoms with E-state index in [1.165, 1.54) is 29.5 Å². The number of ether oxygens (including phenoxy) is 1. The number of furan rings is 1. The molecule has 1 aliphatic heterocycles. The van der Waals surface area contributed by atoms with Crippen LogP contribution in [-0.4, -0.2) is 39.6 Å². The molecule has 0 atom stereocenters. The van der Waals surface area contributed by atoms with E-state index < -0.39 is 4.92 Å². The standard InChI is InChI=1S/C31H24BrN5O6S/c1-20-4-9-24(10-5-20)34-29(38)19-43-27-13-8-23(32)15-22(27)16-28-30(39)36(18-26-3-2-14-42-26)31(44-28)35-33-17-21-6-11-25(12-7-21)37(40)41/h2-17H,18-19H2,1H3,(H,34,38)/b28-16-,33-17+,35-31-. The fourth-order valence-corrected chi connectivity index (χ4v) is 5.29. The van der Waals surface area contributed by atoms with Gasteiger partial charge < -0.3 is 14.5 Å². The van der Waals surface area contributed by atoms with E-state index in [4.69, 9.17) is 9.15 Å². The molecule has 5 rings (SSSR count). The highest BCUT2D eigenvalue weighted by atomic mass is 79.9. The number of benzene rings is 3. The molecule has 0 saturated carbocycles. The number of nitro groups is 1. The summed E-state index contributed by atoms with van der Waals surface area (Å²) in [4.78, 5) is 38.3. The highest BCUT2D eigenvalue weighted by molar-refractivity contribution is 9.10. The van der Waals surface area contributed by atoms with E-state index in [2.05, 4.69) is 31.4 Å². The number of carbonyl (C=O) groups excluding carboxylic acids is 2. The maximum atomic E-state index is 13.6. The Labute approximate surface area is 264 Å². The zero-order valence-corrected chi connectivity index (χ0v) is 25.6. The second-order valence-electron chi connectivity index (χ2n) is 9.44. The van der Waals surface area contributed by atoms with Gasteiger partial charge >= 0.3 is 0 Å². The van der Waals surface area contributed by atoms with Gasteiger partial charge in [0.15, 0.2) is 11.8 Å². The predicted octanol–water partition coefficient (Wildman–Crippen LogP) is 6.78. The van der Waals surface area contributed by atoms with Crippen LogP contribution in [0.1, 0.15) is 22.5 Å². The van der Waals surface area contributed by atoms with Crippen molar-refractivity contribution in [2.24, 2.45) is 10.2 Å². The molecule has 11 nitrogen and oxygen atoms in total. The van der Waals surface area contributed by atoms with Crippen molar-refractivity contribution in [3.8, 4) is 5.75 Å². The molecule has 222 valence electrons. The van der Waals surface area contributed by atoms with E-state index in [9.17, 15) is 19.7 Å². The van der Waals surface area contributed by atoms with Gasteiger partial charge in [-0.25, -0.2) is 0 Å². The third-order valence-corrected chi connectivity index (χ3v) is 7.68. The summed E-state index contributed by atoms with van der Waals surface area (Å²) in [5.41, 5.74) is 2.89. The lowest BCUT2D eigenvalue weighted by molar-refractivity contribution is -0.384. The van der Waals surface area contributed by atoms with Crippen LogP contribution < -0.4 is 10.1 Å². The van der Waals surface area contributed by atoms with Crippen molar-refractivity contribution >= 4 is 68.3 Å². The Morgan fingerprint density at radius 2 is 1.91 bits per heavy atom. The zero-order valence-electron chi connectivity index (χ0n) is 23.2. The number of rotatable bonds is 10. The van der Waals surface area contributed by atoms with Crippen molar-refractivity contribution in [2.45, 2.75) is 13.5 Å². The fourth-order valence-electron chi connectivity index (χ4n) is 3.99. The lowest BCUT2D eigenvalue weighted by Crippen LogP contribution is -2.28. The molecule has 2 heterocycles. The van der Waals surface area contributed by atoms with Crippen LogP contribution in [0.4, 0.5) is 11.4 Å². The number of halogens is 1. The zero-order chi connectivity index (χ0) is 31.1. The molecule has 13 heteroatoms. The third kappa shape index (κ3) is 7.88. The first-order chi connectivity index (χ1) is 21.2. The van der Waals surface area contributed by atoms with Crippen LogP contribution >= 0.6 is 27.7 Å². The summed E-state index contributed by atoms with van der Waals surface area (Å²) in [7, 11) is 0. The van der Waals surface area contributed by atoms with Crippen molar-refractivity contribution in [1.82, 2.24) is 4.90 Å². The smallest absolute Gasteiger partial charge is 0.269 e. The number of amides is 2. The second-order valence-corrected chi connectivity index (χ2v) is 11.4. The minimum Gasteiger partial charge on any atom is -0.483 e. The summed E-state index contributed by atoms with van der Waals surface area (Å²) in [6.07, 6.45) is 4.63. The van der Waals surface area contributed by atoms with Gasteiger partial charge in [-0.1, -0.05) is 33.6 Å². The Balaban J connectivity index is 1.36. The fraction of sp³-hybridized carbons (Fsp3) is 0.0968. The molecule has 0 bridgehead atoms. The number of amidine groups is 1. The summed E-state index contributed by atoms with van der Waals surface area (Å²) >= 11 is 4.58. The highest BCUT2D eigenvalue weighted by Crippen LogP contribution is 2.36. The number of hydrogen-bond acceptors (Lipinski definition) is 9. The normalized spacial score (nSPS) is 15.0. The Morgan fingerprint density at radius 1 is 1.14 bits per heavy atom. The first-order valence-electron chi connectivity index (χ1n) is 13.1. The first-order valence-corrected chi connectivity index (χ1v) is 14.7. The average Bonchev–Trinajstić information content (AvgIpc) is 3.62. The molecule has 3 aromatic carbocycles. The van der Waals surface area contributed by atoms with E-state index in [0.29, 0.717) is 38.4 Å². The number of thioether (sulfide) groups is 1. The molecule has 1 fully saturated rings. The van der Waals surface area contributed by atoms with E-state index in [1.54, 1.807) is 48.5 Å². The lowest BCUT2D eigenvalue weighted by Gasteiger charge is -2.13. The maximum absolute atomic E-state index is 13.6. The van der Waals surface area contributed by atoms with Gasteiger partial charge in [-0.3, -0.25) is 24.6 Å². The van der Waals surface area contributed by atoms with Crippen LogP contribution in [0, 0.1) is 17.0 Å². The van der Waals surface area contributed by atoms with E-state index >= 15 is 0 Å². The van der Waals surface area contributed by atoms with Crippen LogP contribution in [0.3, 0.4) is 0 Å². The molecule has 44 heavy (non-hydrogen) atoms. The van der Waals surface area contributed by atoms with Crippen molar-refractivity contribution in [3.63, 3.8) is 0 Å². The van der Waals surface area contributed by atoms with Gasteiger partial charge in [-0.05, 0) is 84.9 Å². The number of carbonyl (C=O) groups is 2. The summed E-state index contributed by atoms with van der Waals surface area (Å²) in [6.45, 7) is 1.86. The van der Waals surface area contributed by atoms with Crippen LogP contribution in [-0.2, 0) is 16.1 Å². The molecule has 0 radical (unpaired) electrons. The number of nitrogens with one attached hydrogen (secondary N) is 1. The van der Waals surface area contributed by atoms with Crippen LogP contribution in [0.2, 0.25) is 0 Å². The number of hydrogen-bond donors (Lipinski definition) is 1. The van der Waals surface area contributed by atoms with E-state index in [0.717, 1.165) is 21.8 Å². The SMILES string of the molecule is Cc1ccc(NC(=O)COc2ccc(Br)cc2/C=C2\S/C(=N\N=C\c3ccc([N+](=O)[O-])cc3)N(Cc3ccco3)C2=O)cc1. The summed E-state index contributed by atoms with van der Waals surface area (Å²) in [6, 6.07) is 22.0. The average molecular weight is 675 g/mol. The van der Waals surface area contributed by atoms with Crippen molar-refractivity contribution in [2.75, 3.05) is 11.9 Å². The van der Waals surface area contributed by atoms with Crippen molar-refractivity contribution < 1.29 is 23.7 Å². The molecule has 1 aliphatic rings. The van der Waals surface area contributed by atoms with Crippen LogP contribution in [0.25, 0.3) is 6.08 Å². The van der Waals surface area contributed by atoms with Gasteiger partial charge in [-0.15, -0.1) is 5.10 Å². The van der Waals surface area contributed by atoms with Crippen LogP contribution in [0.15, 0.2) is 109 Å². The summed E-state index contributed by atoms with van der Waals surface area (Å²) in [5, 5.41) is 22.4. The second kappa shape index (κ2) is 14.0. The number of aryl methyl sites for hydroxylation is 1. The Bertz CT molecular complexity index is 1770. The number of non-ortho nitro benzene ring substituents is 1. The molecular formula is C31H24BrN5O6S. The van der Waals surface area contributed by atoms with Gasteiger partial charge in [0.1, 0.15) is 11.5 Å². The number of nitrogens with zero attached hydrogens (tertiary/aromatic N) is 4. The lowest BCUT2D eigenvalue weighted by atomic mass is 10.2. The van der Waals surface area contributed by atoms with Crippen molar-refractivity contribution in [3.05, 3.63) is 127 Å². The Morgan fingerprint density at radius 3 is 2.61 bits per heavy atom. The molecule has 1 N–H and O–H groups in total. The van der Waals surface area contributed by atoms with Gasteiger partial charge in [0.2, 0.25) is 0 Å². The molecule has 0 aliphatic carbocycles. The van der Waals surface area contributed by atoms with Crippen LogP contribution in [0.5, 0.6) is 5.75 Å². The molecule has 0 spiro atoms. The summed E-state index contributed by atoms with van der Waals surface area (Å²) < 4.78 is 12.1. The maximum Gasteiger partial charge on any atom is 0.269 e. The third-order valence-electron chi connectivity index (χ3n) is 6.19. The highest BCUT2D eigenvalue weighted by Gasteiger charge is 2.34. The molecular weight excluding hydrogens is 650 g/mol. The quantitative estimate of drug-likeness (QED) is 0.0847. The van der Waals surface area contributed by atoms with Crippen molar-refractivity contribution in [1.29, 1.82) is 0 Å². The van der Waals surface area contributed by atoms with Gasteiger partial charge in [0.25, 0.3) is 17.5 Å². The number of nitro benzene ring substituents is 1. The largest absolute Gasteiger partial charge is 0.483 e. The minimum absolute atomic E-state index is 0.0346. The molecule has 4 aromatic rings. The molecule has 1 saturated heterocycles. The first kappa shape index (κ1) is 30.4. The topological polar surface area (TPSA) is 140 Å². The molecule has 1 aromatic heterocycles. The monoisotopic (exact) mass is 673 g/mol. The molecule has 2 amide bonds. The Hall–Kier alpha value is -5.01. The predicted molar refractivity (Wildman–Crippen MR) is 172 cm³/mol.